The summed E-state index contributed by atoms with van der Waals surface area (Å²) >= 11 is 9.30. The third kappa shape index (κ3) is 5.61. The van der Waals surface area contributed by atoms with E-state index < -0.39 is 0 Å². The van der Waals surface area contributed by atoms with E-state index in [1.54, 1.807) is 23.1 Å². The summed E-state index contributed by atoms with van der Waals surface area (Å²) in [5.74, 6) is 1.01. The van der Waals surface area contributed by atoms with Gasteiger partial charge in [-0.05, 0) is 80.3 Å². The van der Waals surface area contributed by atoms with Crippen molar-refractivity contribution in [1.82, 2.24) is 4.98 Å². The molecule has 4 nitrogen and oxygen atoms in total. The van der Waals surface area contributed by atoms with Gasteiger partial charge < -0.3 is 4.74 Å². The van der Waals surface area contributed by atoms with Crippen molar-refractivity contribution in [3.8, 4) is 0 Å². The molecule has 1 fully saturated rings. The number of benzene rings is 2. The molecule has 1 aliphatic rings. The zero-order valence-corrected chi connectivity index (χ0v) is 20.3. The Kier molecular flexibility index (Phi) is 7.54. The predicted octanol–water partition coefficient (Wildman–Crippen LogP) is 6.65. The molecule has 0 spiro atoms. The molecule has 4 rings (SSSR count). The van der Waals surface area contributed by atoms with Gasteiger partial charge >= 0.3 is 0 Å². The van der Waals surface area contributed by atoms with Gasteiger partial charge in [-0.3, -0.25) is 9.69 Å². The van der Waals surface area contributed by atoms with Gasteiger partial charge in [-0.2, -0.15) is 0 Å². The Bertz CT molecular complexity index is 1050. The number of amides is 1. The second-order valence-electron chi connectivity index (χ2n) is 7.90. The standard InChI is InChI=1S/C24H27ClN2O2S2/c1-16-7-12-21-23(17(16)2)26-24(31-21)27(15-19-5-3-13-29-19)22(28)6-4-14-30-20-10-8-18(25)9-11-20/h7-12,19H,3-6,13-15H2,1-2H3. The number of ether oxygens (including phenoxy) is 1. The number of fused-ring (bicyclic) bond motifs is 1. The van der Waals surface area contributed by atoms with Gasteiger partial charge in [-0.1, -0.05) is 29.0 Å². The molecular weight excluding hydrogens is 448 g/mol. The first-order valence-corrected chi connectivity index (χ1v) is 12.9. The van der Waals surface area contributed by atoms with E-state index in [-0.39, 0.29) is 12.0 Å². The molecule has 2 heterocycles. The number of aryl methyl sites for hydroxylation is 2. The maximum atomic E-state index is 13.2. The van der Waals surface area contributed by atoms with Crippen LogP contribution in [0.4, 0.5) is 5.13 Å². The summed E-state index contributed by atoms with van der Waals surface area (Å²) in [6.07, 6.45) is 3.47. The van der Waals surface area contributed by atoms with Gasteiger partial charge in [0.05, 0.1) is 22.9 Å². The first-order chi connectivity index (χ1) is 15.0. The number of thioether (sulfide) groups is 1. The molecule has 1 saturated heterocycles. The Morgan fingerprint density at radius 3 is 2.81 bits per heavy atom. The summed E-state index contributed by atoms with van der Waals surface area (Å²) in [4.78, 5) is 21.1. The maximum Gasteiger partial charge on any atom is 0.228 e. The molecule has 1 aromatic heterocycles. The first-order valence-electron chi connectivity index (χ1n) is 10.7. The van der Waals surface area contributed by atoms with Crippen molar-refractivity contribution in [1.29, 1.82) is 0 Å². The van der Waals surface area contributed by atoms with Crippen LogP contribution in [-0.2, 0) is 9.53 Å². The lowest BCUT2D eigenvalue weighted by atomic mass is 10.1. The second-order valence-corrected chi connectivity index (χ2v) is 10.5. The number of carbonyl (C=O) groups excluding carboxylic acids is 1. The van der Waals surface area contributed by atoms with Gasteiger partial charge in [0.2, 0.25) is 5.91 Å². The predicted molar refractivity (Wildman–Crippen MR) is 132 cm³/mol. The van der Waals surface area contributed by atoms with Crippen LogP contribution in [0.15, 0.2) is 41.3 Å². The number of anilines is 1. The molecule has 0 aliphatic carbocycles. The van der Waals surface area contributed by atoms with E-state index >= 15 is 0 Å². The lowest BCUT2D eigenvalue weighted by Crippen LogP contribution is -2.37. The van der Waals surface area contributed by atoms with E-state index in [9.17, 15) is 4.79 Å². The first kappa shape index (κ1) is 22.6. The Balaban J connectivity index is 1.44. The fourth-order valence-electron chi connectivity index (χ4n) is 3.69. The summed E-state index contributed by atoms with van der Waals surface area (Å²) in [6, 6.07) is 12.1. The monoisotopic (exact) mass is 474 g/mol. The number of hydrogen-bond donors (Lipinski definition) is 0. The van der Waals surface area contributed by atoms with Crippen molar-refractivity contribution < 1.29 is 9.53 Å². The molecule has 2 aromatic carbocycles. The highest BCUT2D eigenvalue weighted by atomic mass is 35.5. The molecule has 1 amide bonds. The number of halogens is 1. The summed E-state index contributed by atoms with van der Waals surface area (Å²) in [6.45, 7) is 5.56. The number of carbonyl (C=O) groups is 1. The Morgan fingerprint density at radius 1 is 1.26 bits per heavy atom. The summed E-state index contributed by atoms with van der Waals surface area (Å²) < 4.78 is 6.96. The van der Waals surface area contributed by atoms with Crippen LogP contribution in [0.2, 0.25) is 5.02 Å². The van der Waals surface area contributed by atoms with Crippen LogP contribution in [0.25, 0.3) is 10.2 Å². The number of aromatic nitrogens is 1. The topological polar surface area (TPSA) is 42.4 Å². The molecule has 1 unspecified atom stereocenters. The van der Waals surface area contributed by atoms with Crippen molar-refractivity contribution in [2.45, 2.75) is 50.5 Å². The van der Waals surface area contributed by atoms with E-state index in [1.165, 1.54) is 16.0 Å². The van der Waals surface area contributed by atoms with E-state index in [1.807, 2.05) is 29.2 Å². The van der Waals surface area contributed by atoms with Crippen molar-refractivity contribution in [3.05, 3.63) is 52.5 Å². The van der Waals surface area contributed by atoms with E-state index in [2.05, 4.69) is 26.0 Å². The van der Waals surface area contributed by atoms with Gasteiger partial charge in [0.1, 0.15) is 0 Å². The molecule has 1 aliphatic heterocycles. The highest BCUT2D eigenvalue weighted by Crippen LogP contribution is 2.33. The molecule has 1 atom stereocenters. The highest BCUT2D eigenvalue weighted by molar-refractivity contribution is 7.99. The molecule has 3 aromatic rings. The average Bonchev–Trinajstić information content (AvgIpc) is 3.43. The van der Waals surface area contributed by atoms with Crippen LogP contribution in [0.1, 0.15) is 36.8 Å². The summed E-state index contributed by atoms with van der Waals surface area (Å²) in [7, 11) is 0. The lowest BCUT2D eigenvalue weighted by Gasteiger charge is -2.23. The minimum Gasteiger partial charge on any atom is -0.376 e. The third-order valence-corrected chi connectivity index (χ3v) is 8.03. The molecule has 164 valence electrons. The van der Waals surface area contributed by atoms with E-state index in [0.29, 0.717) is 13.0 Å². The zero-order chi connectivity index (χ0) is 21.8. The second kappa shape index (κ2) is 10.3. The van der Waals surface area contributed by atoms with Crippen LogP contribution in [0, 0.1) is 13.8 Å². The zero-order valence-electron chi connectivity index (χ0n) is 17.9. The normalized spacial score (nSPS) is 16.2. The smallest absolute Gasteiger partial charge is 0.228 e. The van der Waals surface area contributed by atoms with E-state index in [0.717, 1.165) is 52.0 Å². The Hall–Kier alpha value is -1.60. The van der Waals surface area contributed by atoms with Gasteiger partial charge in [0.15, 0.2) is 5.13 Å². The number of thiazole rings is 1. The van der Waals surface area contributed by atoms with E-state index in [4.69, 9.17) is 21.3 Å². The quantitative estimate of drug-likeness (QED) is 0.270. The minimum absolute atomic E-state index is 0.0993. The fraction of sp³-hybridized carbons (Fsp3) is 0.417. The largest absolute Gasteiger partial charge is 0.376 e. The van der Waals surface area contributed by atoms with Crippen LogP contribution in [0.3, 0.4) is 0 Å². The molecule has 0 saturated carbocycles. The van der Waals surface area contributed by atoms with Crippen molar-refractivity contribution in [2.24, 2.45) is 0 Å². The molecule has 7 heteroatoms. The Labute approximate surface area is 196 Å². The number of rotatable bonds is 8. The minimum atomic E-state index is 0.0993. The van der Waals surface area contributed by atoms with Crippen LogP contribution in [-0.4, -0.2) is 35.9 Å². The number of hydrogen-bond acceptors (Lipinski definition) is 5. The fourth-order valence-corrected chi connectivity index (χ4v) is 5.72. The van der Waals surface area contributed by atoms with Gasteiger partial charge in [0.25, 0.3) is 0 Å². The Morgan fingerprint density at radius 2 is 2.06 bits per heavy atom. The van der Waals surface area contributed by atoms with Gasteiger partial charge in [0, 0.05) is 22.9 Å². The average molecular weight is 475 g/mol. The molecule has 0 radical (unpaired) electrons. The van der Waals surface area contributed by atoms with Crippen molar-refractivity contribution >= 4 is 56.0 Å². The number of nitrogens with zero attached hydrogens (tertiary/aromatic N) is 2. The van der Waals surface area contributed by atoms with Crippen molar-refractivity contribution in [3.63, 3.8) is 0 Å². The molecule has 0 N–H and O–H groups in total. The van der Waals surface area contributed by atoms with Crippen LogP contribution < -0.4 is 4.90 Å². The highest BCUT2D eigenvalue weighted by Gasteiger charge is 2.26. The summed E-state index contributed by atoms with van der Waals surface area (Å²) in [5, 5.41) is 1.53. The van der Waals surface area contributed by atoms with Crippen LogP contribution in [0.5, 0.6) is 0 Å². The summed E-state index contributed by atoms with van der Waals surface area (Å²) in [5.41, 5.74) is 3.41. The van der Waals surface area contributed by atoms with Gasteiger partial charge in [-0.25, -0.2) is 4.98 Å². The third-order valence-electron chi connectivity index (χ3n) is 5.63. The SMILES string of the molecule is Cc1ccc2sc(N(CC3CCCO3)C(=O)CCCSc3ccc(Cl)cc3)nc2c1C. The lowest BCUT2D eigenvalue weighted by molar-refractivity contribution is -0.119. The maximum absolute atomic E-state index is 13.2. The van der Waals surface area contributed by atoms with Crippen molar-refractivity contribution in [2.75, 3.05) is 23.8 Å². The van der Waals surface area contributed by atoms with Crippen LogP contribution >= 0.6 is 34.7 Å². The molecular formula is C24H27ClN2O2S2. The molecule has 0 bridgehead atoms. The molecule has 31 heavy (non-hydrogen) atoms. The van der Waals surface area contributed by atoms with Gasteiger partial charge in [-0.15, -0.1) is 11.8 Å².